The number of benzene rings is 1. The van der Waals surface area contributed by atoms with Crippen molar-refractivity contribution in [2.24, 2.45) is 5.92 Å². The number of carbonyl (C=O) groups is 2. The van der Waals surface area contributed by atoms with E-state index >= 15 is 0 Å². The lowest BCUT2D eigenvalue weighted by Crippen LogP contribution is -2.41. The molecule has 23 heavy (non-hydrogen) atoms. The Balaban J connectivity index is 1.79. The number of nitrogens with zero attached hydrogens (tertiary/aromatic N) is 1. The van der Waals surface area contributed by atoms with Crippen LogP contribution in [-0.4, -0.2) is 29.2 Å². The summed E-state index contributed by atoms with van der Waals surface area (Å²) in [6, 6.07) is 9.42. The minimum atomic E-state index is -0.451. The SMILES string of the molecule is CC(C)CNC(=O)NC(=O)CSc1nc(-c2ccccc2)cs1. The lowest BCUT2D eigenvalue weighted by Gasteiger charge is -2.07. The van der Waals surface area contributed by atoms with Crippen molar-refractivity contribution in [2.45, 2.75) is 18.2 Å². The number of amides is 3. The molecule has 0 spiro atoms. The number of urea groups is 1. The number of hydrogen-bond acceptors (Lipinski definition) is 5. The molecule has 0 aliphatic heterocycles. The predicted molar refractivity (Wildman–Crippen MR) is 94.7 cm³/mol. The molecule has 0 unspecified atom stereocenters. The van der Waals surface area contributed by atoms with Crippen molar-refractivity contribution in [3.63, 3.8) is 0 Å². The van der Waals surface area contributed by atoms with Gasteiger partial charge in [-0.05, 0) is 5.92 Å². The summed E-state index contributed by atoms with van der Waals surface area (Å²) >= 11 is 2.82. The quantitative estimate of drug-likeness (QED) is 0.784. The van der Waals surface area contributed by atoms with Crippen molar-refractivity contribution < 1.29 is 9.59 Å². The zero-order valence-corrected chi connectivity index (χ0v) is 14.7. The first kappa shape index (κ1) is 17.5. The number of imide groups is 1. The maximum absolute atomic E-state index is 11.7. The Morgan fingerprint density at radius 2 is 2.00 bits per heavy atom. The van der Waals surface area contributed by atoms with Crippen molar-refractivity contribution in [2.75, 3.05) is 12.3 Å². The highest BCUT2D eigenvalue weighted by atomic mass is 32.2. The first-order chi connectivity index (χ1) is 11.0. The third-order valence-corrected chi connectivity index (χ3v) is 4.82. The Bertz CT molecular complexity index is 656. The van der Waals surface area contributed by atoms with Gasteiger partial charge in [-0.3, -0.25) is 10.1 Å². The highest BCUT2D eigenvalue weighted by molar-refractivity contribution is 8.01. The van der Waals surface area contributed by atoms with Crippen molar-refractivity contribution in [1.82, 2.24) is 15.6 Å². The molecule has 0 saturated heterocycles. The van der Waals surface area contributed by atoms with E-state index < -0.39 is 6.03 Å². The molecule has 0 bridgehead atoms. The highest BCUT2D eigenvalue weighted by Crippen LogP contribution is 2.27. The van der Waals surface area contributed by atoms with Crippen LogP contribution in [0.3, 0.4) is 0 Å². The molecule has 1 aromatic carbocycles. The normalized spacial score (nSPS) is 10.6. The van der Waals surface area contributed by atoms with Gasteiger partial charge in [-0.25, -0.2) is 9.78 Å². The minimum Gasteiger partial charge on any atom is -0.338 e. The Morgan fingerprint density at radius 3 is 2.70 bits per heavy atom. The molecule has 7 heteroatoms. The smallest absolute Gasteiger partial charge is 0.321 e. The van der Waals surface area contributed by atoms with E-state index in [1.807, 2.05) is 49.6 Å². The monoisotopic (exact) mass is 349 g/mol. The van der Waals surface area contributed by atoms with Crippen LogP contribution in [0.1, 0.15) is 13.8 Å². The second-order valence-electron chi connectivity index (χ2n) is 5.31. The number of thioether (sulfide) groups is 1. The maximum Gasteiger partial charge on any atom is 0.321 e. The van der Waals surface area contributed by atoms with Gasteiger partial charge >= 0.3 is 6.03 Å². The molecule has 2 rings (SSSR count). The van der Waals surface area contributed by atoms with E-state index in [4.69, 9.17) is 0 Å². The third-order valence-electron chi connectivity index (χ3n) is 2.80. The first-order valence-corrected chi connectivity index (χ1v) is 9.12. The average molecular weight is 349 g/mol. The number of nitrogens with one attached hydrogen (secondary N) is 2. The fourth-order valence-corrected chi connectivity index (χ4v) is 3.33. The van der Waals surface area contributed by atoms with E-state index in [-0.39, 0.29) is 11.7 Å². The van der Waals surface area contributed by atoms with E-state index in [0.29, 0.717) is 12.5 Å². The maximum atomic E-state index is 11.7. The second kappa shape index (κ2) is 8.69. The van der Waals surface area contributed by atoms with Crippen molar-refractivity contribution in [3.8, 4) is 11.3 Å². The zero-order chi connectivity index (χ0) is 16.7. The first-order valence-electron chi connectivity index (χ1n) is 7.26. The number of hydrogen-bond donors (Lipinski definition) is 2. The van der Waals surface area contributed by atoms with Gasteiger partial charge in [-0.15, -0.1) is 11.3 Å². The van der Waals surface area contributed by atoms with E-state index in [1.165, 1.54) is 23.1 Å². The van der Waals surface area contributed by atoms with Crippen LogP contribution in [-0.2, 0) is 4.79 Å². The molecule has 2 aromatic rings. The Hall–Kier alpha value is -1.86. The van der Waals surface area contributed by atoms with Crippen LogP contribution in [0.5, 0.6) is 0 Å². The molecule has 0 radical (unpaired) electrons. The van der Waals surface area contributed by atoms with Crippen LogP contribution < -0.4 is 10.6 Å². The van der Waals surface area contributed by atoms with E-state index in [0.717, 1.165) is 15.6 Å². The summed E-state index contributed by atoms with van der Waals surface area (Å²) in [5.41, 5.74) is 1.95. The van der Waals surface area contributed by atoms with Gasteiger partial charge < -0.3 is 5.32 Å². The molecular weight excluding hydrogens is 330 g/mol. The summed E-state index contributed by atoms with van der Waals surface area (Å²) in [6.45, 7) is 4.52. The summed E-state index contributed by atoms with van der Waals surface area (Å²) < 4.78 is 0.807. The molecule has 0 atom stereocenters. The third kappa shape index (κ3) is 6.03. The van der Waals surface area contributed by atoms with E-state index in [1.54, 1.807) is 0 Å². The van der Waals surface area contributed by atoms with Crippen molar-refractivity contribution in [1.29, 1.82) is 0 Å². The molecule has 5 nitrogen and oxygen atoms in total. The minimum absolute atomic E-state index is 0.164. The van der Waals surface area contributed by atoms with Gasteiger partial charge in [0.05, 0.1) is 11.4 Å². The van der Waals surface area contributed by atoms with Gasteiger partial charge in [0.1, 0.15) is 0 Å². The number of carbonyl (C=O) groups excluding carboxylic acids is 2. The summed E-state index contributed by atoms with van der Waals surface area (Å²) in [6.07, 6.45) is 0. The molecule has 122 valence electrons. The van der Waals surface area contributed by atoms with Crippen molar-refractivity contribution >= 4 is 35.0 Å². The summed E-state index contributed by atoms with van der Waals surface area (Å²) in [5, 5.41) is 6.92. The van der Waals surface area contributed by atoms with Gasteiger partial charge in [-0.2, -0.15) is 0 Å². The molecule has 2 N–H and O–H groups in total. The lowest BCUT2D eigenvalue weighted by atomic mass is 10.2. The van der Waals surface area contributed by atoms with E-state index in [9.17, 15) is 9.59 Å². The van der Waals surface area contributed by atoms with Crippen LogP contribution in [0.15, 0.2) is 40.1 Å². The Labute approximate surface area is 143 Å². The van der Waals surface area contributed by atoms with Crippen LogP contribution in [0.4, 0.5) is 4.79 Å². The number of aromatic nitrogens is 1. The summed E-state index contributed by atoms with van der Waals surface area (Å²) in [7, 11) is 0. The summed E-state index contributed by atoms with van der Waals surface area (Å²) in [5.74, 6) is 0.182. The average Bonchev–Trinajstić information content (AvgIpc) is 3.01. The van der Waals surface area contributed by atoms with E-state index in [2.05, 4.69) is 15.6 Å². The van der Waals surface area contributed by atoms with Gasteiger partial charge in [0.25, 0.3) is 0 Å². The largest absolute Gasteiger partial charge is 0.338 e. The molecular formula is C16H19N3O2S2. The molecule has 1 aromatic heterocycles. The van der Waals surface area contributed by atoms with Crippen LogP contribution in [0.25, 0.3) is 11.3 Å². The van der Waals surface area contributed by atoms with Crippen LogP contribution in [0.2, 0.25) is 0 Å². The predicted octanol–water partition coefficient (Wildman–Crippen LogP) is 3.38. The Morgan fingerprint density at radius 1 is 1.26 bits per heavy atom. The van der Waals surface area contributed by atoms with Gasteiger partial charge in [0.15, 0.2) is 4.34 Å². The Kier molecular flexibility index (Phi) is 6.61. The highest BCUT2D eigenvalue weighted by Gasteiger charge is 2.10. The van der Waals surface area contributed by atoms with Crippen LogP contribution >= 0.6 is 23.1 Å². The second-order valence-corrected chi connectivity index (χ2v) is 7.39. The number of thiazole rings is 1. The number of rotatable bonds is 6. The molecule has 0 aliphatic carbocycles. The fourth-order valence-electron chi connectivity index (χ4n) is 1.70. The molecule has 3 amide bonds. The van der Waals surface area contributed by atoms with Gasteiger partial charge in [0.2, 0.25) is 5.91 Å². The molecule has 0 fully saturated rings. The molecule has 1 heterocycles. The van der Waals surface area contributed by atoms with Gasteiger partial charge in [-0.1, -0.05) is 55.9 Å². The lowest BCUT2D eigenvalue weighted by molar-refractivity contribution is -0.117. The van der Waals surface area contributed by atoms with Gasteiger partial charge in [0, 0.05) is 17.5 Å². The molecule has 0 aliphatic rings. The standard InChI is InChI=1S/C16H19N3O2S2/c1-11(2)8-17-15(21)19-14(20)10-23-16-18-13(9-22-16)12-6-4-3-5-7-12/h3-7,9,11H,8,10H2,1-2H3,(H2,17,19,20,21). The summed E-state index contributed by atoms with van der Waals surface area (Å²) in [4.78, 5) is 27.7. The van der Waals surface area contributed by atoms with Crippen LogP contribution in [0, 0.1) is 5.92 Å². The topological polar surface area (TPSA) is 71.1 Å². The molecule has 0 saturated carbocycles. The zero-order valence-electron chi connectivity index (χ0n) is 13.0. The fraction of sp³-hybridized carbons (Fsp3) is 0.312. The van der Waals surface area contributed by atoms with Crippen molar-refractivity contribution in [3.05, 3.63) is 35.7 Å².